The van der Waals surface area contributed by atoms with E-state index in [1.54, 1.807) is 0 Å². The maximum absolute atomic E-state index is 13.8. The Morgan fingerprint density at radius 2 is 1.71 bits per heavy atom. The molecule has 0 unspecified atom stereocenters. The Kier molecular flexibility index (Phi) is 5.27. The van der Waals surface area contributed by atoms with E-state index in [0.717, 1.165) is 13.2 Å². The van der Waals surface area contributed by atoms with Crippen LogP contribution in [-0.2, 0) is 10.9 Å². The minimum atomic E-state index is -4.92. The summed E-state index contributed by atoms with van der Waals surface area (Å²) in [5.74, 6) is -2.46. The maximum Gasteiger partial charge on any atom is 0.419 e. The third-order valence-electron chi connectivity index (χ3n) is 2.93. The summed E-state index contributed by atoms with van der Waals surface area (Å²) in [7, 11) is 1.08. The molecule has 0 N–H and O–H groups in total. The van der Waals surface area contributed by atoms with Crippen LogP contribution in [0.15, 0.2) is 18.2 Å². The van der Waals surface area contributed by atoms with Crippen LogP contribution in [0, 0.1) is 5.82 Å². The van der Waals surface area contributed by atoms with Crippen molar-refractivity contribution in [3.05, 3.63) is 50.3 Å². The summed E-state index contributed by atoms with van der Waals surface area (Å²) in [6.45, 7) is 0. The van der Waals surface area contributed by atoms with Gasteiger partial charge in [-0.15, -0.1) is 0 Å². The largest absolute Gasteiger partial charge is 0.464 e. The zero-order valence-corrected chi connectivity index (χ0v) is 13.9. The number of ether oxygens (including phenoxy) is 1. The van der Waals surface area contributed by atoms with Gasteiger partial charge in [0.05, 0.1) is 33.4 Å². The standard InChI is InChI=1S/C14H6Cl3F4NO2/c1-24-13(23)12-9(17)4-8(16)11(22-12)5-2-10(18)6(3-7(5)15)14(19,20)21/h2-4H,1H3. The molecule has 1 heterocycles. The lowest BCUT2D eigenvalue weighted by Gasteiger charge is -2.13. The molecule has 0 amide bonds. The fourth-order valence-corrected chi connectivity index (χ4v) is 2.63. The zero-order chi connectivity index (χ0) is 18.2. The van der Waals surface area contributed by atoms with E-state index in [9.17, 15) is 22.4 Å². The van der Waals surface area contributed by atoms with Gasteiger partial charge in [0.1, 0.15) is 5.82 Å². The monoisotopic (exact) mass is 401 g/mol. The Bertz CT molecular complexity index is 825. The van der Waals surface area contributed by atoms with E-state index in [4.69, 9.17) is 34.8 Å². The summed E-state index contributed by atoms with van der Waals surface area (Å²) in [6.07, 6.45) is -4.92. The van der Waals surface area contributed by atoms with Crippen molar-refractivity contribution in [3.63, 3.8) is 0 Å². The first-order valence-electron chi connectivity index (χ1n) is 6.07. The lowest BCUT2D eigenvalue weighted by Crippen LogP contribution is -2.09. The van der Waals surface area contributed by atoms with Crippen LogP contribution < -0.4 is 0 Å². The molecule has 128 valence electrons. The summed E-state index contributed by atoms with van der Waals surface area (Å²) in [6, 6.07) is 2.08. The Balaban J connectivity index is 2.69. The van der Waals surface area contributed by atoms with Gasteiger partial charge in [-0.3, -0.25) is 0 Å². The number of benzene rings is 1. The molecule has 0 fully saturated rings. The van der Waals surface area contributed by atoms with Gasteiger partial charge in [-0.05, 0) is 18.2 Å². The number of pyridine rings is 1. The SMILES string of the molecule is COC(=O)c1nc(-c2cc(F)c(C(F)(F)F)cc2Cl)c(Cl)cc1Cl. The lowest BCUT2D eigenvalue weighted by molar-refractivity contribution is -0.139. The van der Waals surface area contributed by atoms with Gasteiger partial charge in [0, 0.05) is 5.56 Å². The van der Waals surface area contributed by atoms with Crippen molar-refractivity contribution in [2.24, 2.45) is 0 Å². The molecule has 0 saturated heterocycles. The number of methoxy groups -OCH3 is 1. The van der Waals surface area contributed by atoms with Crippen molar-refractivity contribution in [3.8, 4) is 11.3 Å². The number of carbonyl (C=O) groups is 1. The topological polar surface area (TPSA) is 39.2 Å². The molecule has 0 bridgehead atoms. The minimum Gasteiger partial charge on any atom is -0.464 e. The summed E-state index contributed by atoms with van der Waals surface area (Å²) < 4.78 is 56.3. The summed E-state index contributed by atoms with van der Waals surface area (Å²) in [5, 5.41) is -0.718. The first kappa shape index (κ1) is 18.8. The van der Waals surface area contributed by atoms with Crippen molar-refractivity contribution in [2.75, 3.05) is 7.11 Å². The molecule has 0 aliphatic heterocycles. The van der Waals surface area contributed by atoms with Crippen molar-refractivity contribution < 1.29 is 27.1 Å². The average Bonchev–Trinajstić information content (AvgIpc) is 2.48. The van der Waals surface area contributed by atoms with Crippen LogP contribution in [0.3, 0.4) is 0 Å². The fourth-order valence-electron chi connectivity index (χ4n) is 1.84. The van der Waals surface area contributed by atoms with Gasteiger partial charge in [0.15, 0.2) is 5.69 Å². The lowest BCUT2D eigenvalue weighted by atomic mass is 10.1. The van der Waals surface area contributed by atoms with Crippen LogP contribution >= 0.6 is 34.8 Å². The second-order valence-corrected chi connectivity index (χ2v) is 5.67. The molecule has 1 aromatic heterocycles. The zero-order valence-electron chi connectivity index (χ0n) is 11.6. The number of carbonyl (C=O) groups excluding carboxylic acids is 1. The molecule has 10 heteroatoms. The molecule has 0 spiro atoms. The number of esters is 1. The third kappa shape index (κ3) is 3.58. The van der Waals surface area contributed by atoms with Crippen LogP contribution in [0.25, 0.3) is 11.3 Å². The highest BCUT2D eigenvalue weighted by Gasteiger charge is 2.35. The molecule has 24 heavy (non-hydrogen) atoms. The number of halogens is 7. The Labute approximate surface area is 148 Å². The molecule has 1 aromatic carbocycles. The molecule has 3 nitrogen and oxygen atoms in total. The van der Waals surface area contributed by atoms with E-state index in [2.05, 4.69) is 9.72 Å². The van der Waals surface area contributed by atoms with Gasteiger partial charge in [-0.25, -0.2) is 14.2 Å². The predicted octanol–water partition coefficient (Wildman–Crippen LogP) is 5.65. The van der Waals surface area contributed by atoms with Crippen molar-refractivity contribution in [1.29, 1.82) is 0 Å². The molecule has 2 rings (SSSR count). The van der Waals surface area contributed by atoms with E-state index in [-0.39, 0.29) is 27.0 Å². The number of rotatable bonds is 2. The van der Waals surface area contributed by atoms with Crippen molar-refractivity contribution >= 4 is 40.8 Å². The number of nitrogens with zero attached hydrogens (tertiary/aromatic N) is 1. The van der Waals surface area contributed by atoms with Gasteiger partial charge in [-0.2, -0.15) is 13.2 Å². The van der Waals surface area contributed by atoms with Crippen molar-refractivity contribution in [2.45, 2.75) is 6.18 Å². The molecule has 0 aliphatic carbocycles. The molecule has 2 aromatic rings. The van der Waals surface area contributed by atoms with Crippen molar-refractivity contribution in [1.82, 2.24) is 4.98 Å². The second-order valence-electron chi connectivity index (χ2n) is 4.45. The van der Waals surface area contributed by atoms with Crippen LogP contribution in [0.5, 0.6) is 0 Å². The smallest absolute Gasteiger partial charge is 0.419 e. The predicted molar refractivity (Wildman–Crippen MR) is 81.0 cm³/mol. The van der Waals surface area contributed by atoms with Crippen LogP contribution in [0.2, 0.25) is 15.1 Å². The minimum absolute atomic E-state index is 0.131. The average molecular weight is 403 g/mol. The summed E-state index contributed by atoms with van der Waals surface area (Å²) in [5.41, 5.74) is -2.31. The van der Waals surface area contributed by atoms with E-state index in [1.807, 2.05) is 0 Å². The number of hydrogen-bond donors (Lipinski definition) is 0. The quantitative estimate of drug-likeness (QED) is 0.481. The highest BCUT2D eigenvalue weighted by molar-refractivity contribution is 6.38. The van der Waals surface area contributed by atoms with Gasteiger partial charge in [0.2, 0.25) is 0 Å². The molecule has 0 saturated carbocycles. The van der Waals surface area contributed by atoms with Gasteiger partial charge >= 0.3 is 12.1 Å². The van der Waals surface area contributed by atoms with Crippen LogP contribution in [-0.4, -0.2) is 18.1 Å². The Morgan fingerprint density at radius 1 is 1.08 bits per heavy atom. The number of aromatic nitrogens is 1. The molecular formula is C14H6Cl3F4NO2. The molecule has 0 radical (unpaired) electrons. The van der Waals surface area contributed by atoms with Crippen LogP contribution in [0.4, 0.5) is 17.6 Å². The summed E-state index contributed by atoms with van der Waals surface area (Å²) in [4.78, 5) is 15.4. The molecule has 0 atom stereocenters. The van der Waals surface area contributed by atoms with E-state index < -0.39 is 28.5 Å². The van der Waals surface area contributed by atoms with Gasteiger partial charge in [0.25, 0.3) is 0 Å². The van der Waals surface area contributed by atoms with E-state index in [0.29, 0.717) is 12.1 Å². The Hall–Kier alpha value is -1.57. The molecule has 0 aliphatic rings. The van der Waals surface area contributed by atoms with Gasteiger partial charge in [-0.1, -0.05) is 34.8 Å². The summed E-state index contributed by atoms with van der Waals surface area (Å²) >= 11 is 17.6. The number of alkyl halides is 3. The number of hydrogen-bond acceptors (Lipinski definition) is 3. The second kappa shape index (κ2) is 6.74. The third-order valence-corrected chi connectivity index (χ3v) is 3.81. The first-order chi connectivity index (χ1) is 11.1. The van der Waals surface area contributed by atoms with Crippen LogP contribution in [0.1, 0.15) is 16.1 Å². The fraction of sp³-hybridized carbons (Fsp3) is 0.143. The highest BCUT2D eigenvalue weighted by atomic mass is 35.5. The Morgan fingerprint density at radius 3 is 2.25 bits per heavy atom. The normalized spacial score (nSPS) is 11.5. The molecular weight excluding hydrogens is 397 g/mol. The van der Waals surface area contributed by atoms with E-state index in [1.165, 1.54) is 0 Å². The maximum atomic E-state index is 13.8. The van der Waals surface area contributed by atoms with Gasteiger partial charge < -0.3 is 4.74 Å². The highest BCUT2D eigenvalue weighted by Crippen LogP contribution is 2.39. The first-order valence-corrected chi connectivity index (χ1v) is 7.20. The van der Waals surface area contributed by atoms with E-state index >= 15 is 0 Å².